The number of hydrogen-bond acceptors (Lipinski definition) is 2. The molecule has 2 rings (SSSR count). The van der Waals surface area contributed by atoms with E-state index in [-0.39, 0.29) is 0 Å². The van der Waals surface area contributed by atoms with Gasteiger partial charge in [0.25, 0.3) is 0 Å². The lowest BCUT2D eigenvalue weighted by Gasteiger charge is -2.13. The Kier molecular flexibility index (Phi) is 3.62. The first-order chi connectivity index (χ1) is 8.47. The van der Waals surface area contributed by atoms with E-state index in [1.165, 1.54) is 16.7 Å². The maximum Gasteiger partial charge on any atom is 0.0434 e. The molecule has 0 saturated carbocycles. The molecule has 3 heteroatoms. The van der Waals surface area contributed by atoms with Crippen molar-refractivity contribution >= 4 is 33.0 Å². The van der Waals surface area contributed by atoms with Gasteiger partial charge in [-0.25, -0.2) is 0 Å². The van der Waals surface area contributed by atoms with Gasteiger partial charge in [-0.3, -0.25) is 0 Å². The van der Waals surface area contributed by atoms with Crippen molar-refractivity contribution in [3.8, 4) is 0 Å². The Bertz CT molecular complexity index is 568. The van der Waals surface area contributed by atoms with Gasteiger partial charge in [-0.05, 0) is 61.7 Å². The van der Waals surface area contributed by atoms with Gasteiger partial charge in [-0.1, -0.05) is 22.0 Å². The van der Waals surface area contributed by atoms with E-state index in [9.17, 15) is 0 Å². The van der Waals surface area contributed by atoms with Gasteiger partial charge < -0.3 is 11.1 Å². The molecule has 0 atom stereocenters. The van der Waals surface area contributed by atoms with Crippen molar-refractivity contribution in [2.75, 3.05) is 11.1 Å². The van der Waals surface area contributed by atoms with E-state index in [0.717, 1.165) is 21.5 Å². The van der Waals surface area contributed by atoms with Crippen LogP contribution in [0.15, 0.2) is 34.8 Å². The highest BCUT2D eigenvalue weighted by Crippen LogP contribution is 2.28. The third-order valence-electron chi connectivity index (χ3n) is 2.98. The maximum atomic E-state index is 5.82. The predicted octanol–water partition coefficient (Wildman–Crippen LogP) is 4.70. The summed E-state index contributed by atoms with van der Waals surface area (Å²) in [4.78, 5) is 0. The number of nitrogens with one attached hydrogen (secondary N) is 1. The molecular formula is C15H17BrN2. The SMILES string of the molecule is Cc1ccc(N)cc1Nc1cc(C)c(Br)c(C)c1. The summed E-state index contributed by atoms with van der Waals surface area (Å²) in [6.45, 7) is 6.25. The van der Waals surface area contributed by atoms with E-state index in [4.69, 9.17) is 5.73 Å². The number of nitrogens with two attached hydrogens (primary N) is 1. The molecule has 0 aliphatic heterocycles. The highest BCUT2D eigenvalue weighted by Gasteiger charge is 2.04. The van der Waals surface area contributed by atoms with Crippen molar-refractivity contribution in [2.45, 2.75) is 20.8 Å². The van der Waals surface area contributed by atoms with Crippen LogP contribution in [0.25, 0.3) is 0 Å². The molecule has 0 heterocycles. The molecule has 2 nitrogen and oxygen atoms in total. The third kappa shape index (κ3) is 2.67. The fourth-order valence-corrected chi connectivity index (χ4v) is 2.18. The Morgan fingerprint density at radius 2 is 1.56 bits per heavy atom. The zero-order valence-electron chi connectivity index (χ0n) is 10.8. The second-order valence-corrected chi connectivity index (χ2v) is 5.42. The average molecular weight is 305 g/mol. The average Bonchev–Trinajstić information content (AvgIpc) is 2.31. The number of halogens is 1. The molecule has 94 valence electrons. The molecule has 0 bridgehead atoms. The first-order valence-corrected chi connectivity index (χ1v) is 6.66. The zero-order valence-corrected chi connectivity index (χ0v) is 12.4. The number of nitrogen functional groups attached to an aromatic ring is 1. The van der Waals surface area contributed by atoms with Crippen molar-refractivity contribution < 1.29 is 0 Å². The molecule has 0 saturated heterocycles. The van der Waals surface area contributed by atoms with Crippen LogP contribution in [0.3, 0.4) is 0 Å². The molecule has 2 aromatic rings. The molecule has 0 fully saturated rings. The highest BCUT2D eigenvalue weighted by atomic mass is 79.9. The number of benzene rings is 2. The van der Waals surface area contributed by atoms with Crippen molar-refractivity contribution in [3.63, 3.8) is 0 Å². The van der Waals surface area contributed by atoms with E-state index < -0.39 is 0 Å². The molecule has 0 aliphatic carbocycles. The molecule has 0 aliphatic rings. The minimum absolute atomic E-state index is 0.772. The van der Waals surface area contributed by atoms with E-state index in [1.54, 1.807) is 0 Å². The van der Waals surface area contributed by atoms with Crippen LogP contribution in [0.1, 0.15) is 16.7 Å². The summed E-state index contributed by atoms with van der Waals surface area (Å²) in [6, 6.07) is 10.1. The van der Waals surface area contributed by atoms with Crippen molar-refractivity contribution in [1.82, 2.24) is 0 Å². The van der Waals surface area contributed by atoms with E-state index >= 15 is 0 Å². The first-order valence-electron chi connectivity index (χ1n) is 5.87. The van der Waals surface area contributed by atoms with E-state index in [2.05, 4.69) is 54.2 Å². The predicted molar refractivity (Wildman–Crippen MR) is 82.5 cm³/mol. The quantitative estimate of drug-likeness (QED) is 0.789. The van der Waals surface area contributed by atoms with Crippen LogP contribution in [0.4, 0.5) is 17.1 Å². The summed E-state index contributed by atoms with van der Waals surface area (Å²) in [5.41, 5.74) is 12.4. The Hall–Kier alpha value is -1.48. The zero-order chi connectivity index (χ0) is 13.3. The molecule has 18 heavy (non-hydrogen) atoms. The number of rotatable bonds is 2. The number of aryl methyl sites for hydroxylation is 3. The Labute approximate surface area is 116 Å². The Morgan fingerprint density at radius 3 is 2.17 bits per heavy atom. The Morgan fingerprint density at radius 1 is 0.944 bits per heavy atom. The maximum absolute atomic E-state index is 5.82. The molecule has 0 spiro atoms. The van der Waals surface area contributed by atoms with E-state index in [1.807, 2.05) is 18.2 Å². The van der Waals surface area contributed by atoms with Crippen LogP contribution in [-0.2, 0) is 0 Å². The van der Waals surface area contributed by atoms with Crippen LogP contribution in [0.5, 0.6) is 0 Å². The van der Waals surface area contributed by atoms with Gasteiger partial charge in [0.05, 0.1) is 0 Å². The minimum Gasteiger partial charge on any atom is -0.399 e. The second kappa shape index (κ2) is 5.02. The van der Waals surface area contributed by atoms with Gasteiger partial charge in [-0.2, -0.15) is 0 Å². The Balaban J connectivity index is 2.37. The van der Waals surface area contributed by atoms with E-state index in [0.29, 0.717) is 0 Å². The lowest BCUT2D eigenvalue weighted by molar-refractivity contribution is 1.33. The lowest BCUT2D eigenvalue weighted by Crippen LogP contribution is -1.96. The third-order valence-corrected chi connectivity index (χ3v) is 4.23. The second-order valence-electron chi connectivity index (χ2n) is 4.62. The smallest absolute Gasteiger partial charge is 0.0434 e. The molecule has 0 amide bonds. The van der Waals surface area contributed by atoms with Crippen LogP contribution in [0.2, 0.25) is 0 Å². The monoisotopic (exact) mass is 304 g/mol. The minimum atomic E-state index is 0.772. The van der Waals surface area contributed by atoms with Crippen molar-refractivity contribution in [3.05, 3.63) is 51.5 Å². The van der Waals surface area contributed by atoms with Crippen molar-refractivity contribution in [2.24, 2.45) is 0 Å². The molecule has 0 unspecified atom stereocenters. The van der Waals surface area contributed by atoms with Gasteiger partial charge >= 0.3 is 0 Å². The van der Waals surface area contributed by atoms with Gasteiger partial charge in [0.15, 0.2) is 0 Å². The summed E-state index contributed by atoms with van der Waals surface area (Å²) >= 11 is 3.58. The summed E-state index contributed by atoms with van der Waals surface area (Å²) < 4.78 is 1.16. The fraction of sp³-hybridized carbons (Fsp3) is 0.200. The standard InChI is InChI=1S/C15H17BrN2/c1-9-4-5-12(17)8-14(9)18-13-6-10(2)15(16)11(3)7-13/h4-8,18H,17H2,1-3H3. The summed E-state index contributed by atoms with van der Waals surface area (Å²) in [5, 5.41) is 3.42. The number of hydrogen-bond donors (Lipinski definition) is 2. The summed E-state index contributed by atoms with van der Waals surface area (Å²) in [5.74, 6) is 0. The molecular weight excluding hydrogens is 288 g/mol. The summed E-state index contributed by atoms with van der Waals surface area (Å²) in [7, 11) is 0. The first kappa shape index (κ1) is 13.0. The molecule has 3 N–H and O–H groups in total. The van der Waals surface area contributed by atoms with Gasteiger partial charge in [0.2, 0.25) is 0 Å². The largest absolute Gasteiger partial charge is 0.399 e. The van der Waals surface area contributed by atoms with Crippen LogP contribution < -0.4 is 11.1 Å². The molecule has 0 aromatic heterocycles. The van der Waals surface area contributed by atoms with Gasteiger partial charge in [0.1, 0.15) is 0 Å². The van der Waals surface area contributed by atoms with Gasteiger partial charge in [0, 0.05) is 21.5 Å². The van der Waals surface area contributed by atoms with Crippen molar-refractivity contribution in [1.29, 1.82) is 0 Å². The van der Waals surface area contributed by atoms with Gasteiger partial charge in [-0.15, -0.1) is 0 Å². The topological polar surface area (TPSA) is 38.0 Å². The fourth-order valence-electron chi connectivity index (χ4n) is 1.95. The highest BCUT2D eigenvalue weighted by molar-refractivity contribution is 9.10. The normalized spacial score (nSPS) is 10.4. The molecule has 0 radical (unpaired) electrons. The van der Waals surface area contributed by atoms with Crippen LogP contribution in [-0.4, -0.2) is 0 Å². The van der Waals surface area contributed by atoms with Crippen LogP contribution in [0, 0.1) is 20.8 Å². The number of anilines is 3. The summed E-state index contributed by atoms with van der Waals surface area (Å²) in [6.07, 6.45) is 0. The molecule has 2 aromatic carbocycles. The van der Waals surface area contributed by atoms with Crippen LogP contribution >= 0.6 is 15.9 Å². The lowest BCUT2D eigenvalue weighted by atomic mass is 10.1.